The molecule has 1 aromatic heterocycles. The molecule has 1 N–H and O–H groups in total. The van der Waals surface area contributed by atoms with Crippen LogP contribution in [0.4, 0.5) is 0 Å². The van der Waals surface area contributed by atoms with Gasteiger partial charge in [0.2, 0.25) is 0 Å². The summed E-state index contributed by atoms with van der Waals surface area (Å²) in [4.78, 5) is 13.0. The first-order valence-electron chi connectivity index (χ1n) is 6.16. The van der Waals surface area contributed by atoms with Crippen LogP contribution >= 0.6 is 0 Å². The Balaban J connectivity index is 1.87. The predicted octanol–water partition coefficient (Wildman–Crippen LogP) is 0.138. The normalized spacial score (nSPS) is 21.1. The van der Waals surface area contributed by atoms with Gasteiger partial charge in [0.15, 0.2) is 0 Å². The third-order valence-electron chi connectivity index (χ3n) is 3.21. The molecule has 0 aromatic carbocycles. The van der Waals surface area contributed by atoms with Crippen molar-refractivity contribution in [3.8, 4) is 0 Å². The molecule has 1 aliphatic heterocycles. The van der Waals surface area contributed by atoms with Gasteiger partial charge in [-0.15, -0.1) is 0 Å². The van der Waals surface area contributed by atoms with Crippen molar-refractivity contribution in [2.24, 2.45) is 7.05 Å². The van der Waals surface area contributed by atoms with Crippen molar-refractivity contribution < 1.29 is 14.6 Å². The Bertz CT molecular complexity index is 405. The molecular weight excluding hydrogens is 234 g/mol. The van der Waals surface area contributed by atoms with Gasteiger partial charge in [-0.2, -0.15) is 5.10 Å². The smallest absolute Gasteiger partial charge is 0.305 e. The van der Waals surface area contributed by atoms with Gasteiger partial charge in [0.05, 0.1) is 25.8 Å². The Morgan fingerprint density at radius 3 is 3.17 bits per heavy atom. The molecule has 1 unspecified atom stereocenters. The fraction of sp³-hybridized carbons (Fsp3) is 0.667. The second-order valence-corrected chi connectivity index (χ2v) is 4.63. The molecule has 2 heterocycles. The van der Waals surface area contributed by atoms with Crippen molar-refractivity contribution in [3.63, 3.8) is 0 Å². The molecule has 1 aliphatic rings. The van der Waals surface area contributed by atoms with E-state index in [9.17, 15) is 4.79 Å². The van der Waals surface area contributed by atoms with E-state index in [0.717, 1.165) is 19.5 Å². The molecule has 2 rings (SSSR count). The topological polar surface area (TPSA) is 67.6 Å². The summed E-state index contributed by atoms with van der Waals surface area (Å²) in [6, 6.07) is -0.00655. The number of carboxylic acids is 1. The minimum Gasteiger partial charge on any atom is -0.481 e. The minimum absolute atomic E-state index is 0.00655. The van der Waals surface area contributed by atoms with Crippen LogP contribution in [0, 0.1) is 0 Å². The van der Waals surface area contributed by atoms with Gasteiger partial charge in [0, 0.05) is 32.4 Å². The summed E-state index contributed by atoms with van der Waals surface area (Å²) in [5.74, 6) is -0.767. The number of aromatic nitrogens is 2. The third kappa shape index (κ3) is 3.54. The van der Waals surface area contributed by atoms with Gasteiger partial charge in [0.1, 0.15) is 0 Å². The number of morpholine rings is 1. The lowest BCUT2D eigenvalue weighted by atomic mass is 10.1. The number of aliphatic carboxylic acids is 1. The van der Waals surface area contributed by atoms with E-state index in [2.05, 4.69) is 10.00 Å². The number of rotatable bonds is 5. The summed E-state index contributed by atoms with van der Waals surface area (Å²) in [7, 11) is 1.89. The summed E-state index contributed by atoms with van der Waals surface area (Å²) >= 11 is 0. The Hall–Kier alpha value is -1.40. The Kier molecular flexibility index (Phi) is 4.33. The molecular formula is C12H19N3O3. The van der Waals surface area contributed by atoms with E-state index in [1.807, 2.05) is 19.4 Å². The maximum Gasteiger partial charge on any atom is 0.305 e. The first-order valence-corrected chi connectivity index (χ1v) is 6.16. The van der Waals surface area contributed by atoms with E-state index in [-0.39, 0.29) is 12.5 Å². The zero-order chi connectivity index (χ0) is 13.0. The highest BCUT2D eigenvalue weighted by Crippen LogP contribution is 2.12. The van der Waals surface area contributed by atoms with Crippen LogP contribution in [-0.4, -0.2) is 58.1 Å². The number of hydrogen-bond acceptors (Lipinski definition) is 4. The van der Waals surface area contributed by atoms with Gasteiger partial charge in [-0.25, -0.2) is 0 Å². The first-order chi connectivity index (χ1) is 8.65. The summed E-state index contributed by atoms with van der Waals surface area (Å²) < 4.78 is 7.13. The van der Waals surface area contributed by atoms with Crippen LogP contribution in [0.2, 0.25) is 0 Å². The van der Waals surface area contributed by atoms with Gasteiger partial charge in [-0.1, -0.05) is 0 Å². The Labute approximate surface area is 106 Å². The number of ether oxygens (including phenoxy) is 1. The quantitative estimate of drug-likeness (QED) is 0.808. The number of carboxylic acid groups (broad SMARTS) is 1. The highest BCUT2D eigenvalue weighted by atomic mass is 16.5. The fourth-order valence-electron chi connectivity index (χ4n) is 2.25. The summed E-state index contributed by atoms with van der Waals surface area (Å²) in [6.07, 6.45) is 4.89. The Morgan fingerprint density at radius 1 is 1.67 bits per heavy atom. The van der Waals surface area contributed by atoms with Crippen LogP contribution in [0.5, 0.6) is 0 Å². The second kappa shape index (κ2) is 5.97. The molecule has 6 heteroatoms. The average Bonchev–Trinajstić information content (AvgIpc) is 2.73. The van der Waals surface area contributed by atoms with Gasteiger partial charge >= 0.3 is 5.97 Å². The van der Waals surface area contributed by atoms with Crippen LogP contribution in [0.3, 0.4) is 0 Å². The molecule has 0 aliphatic carbocycles. The van der Waals surface area contributed by atoms with Crippen molar-refractivity contribution in [1.29, 1.82) is 0 Å². The SMILES string of the molecule is Cn1cc(CCN2CCOCC2CC(=O)O)cn1. The van der Waals surface area contributed by atoms with E-state index in [1.165, 1.54) is 5.56 Å². The monoisotopic (exact) mass is 253 g/mol. The first kappa shape index (κ1) is 13.0. The Morgan fingerprint density at radius 2 is 2.50 bits per heavy atom. The molecule has 0 bridgehead atoms. The van der Waals surface area contributed by atoms with E-state index in [1.54, 1.807) is 4.68 Å². The molecule has 0 radical (unpaired) electrons. The average molecular weight is 253 g/mol. The summed E-state index contributed by atoms with van der Waals surface area (Å²) in [5.41, 5.74) is 1.18. The molecule has 1 atom stereocenters. The van der Waals surface area contributed by atoms with Gasteiger partial charge in [0.25, 0.3) is 0 Å². The molecule has 0 amide bonds. The lowest BCUT2D eigenvalue weighted by Gasteiger charge is -2.34. The highest BCUT2D eigenvalue weighted by molar-refractivity contribution is 5.67. The molecule has 0 spiro atoms. The third-order valence-corrected chi connectivity index (χ3v) is 3.21. The number of aryl methyl sites for hydroxylation is 1. The molecule has 0 saturated carbocycles. The molecule has 1 saturated heterocycles. The highest BCUT2D eigenvalue weighted by Gasteiger charge is 2.24. The van der Waals surface area contributed by atoms with Gasteiger partial charge in [-0.05, 0) is 12.0 Å². The number of nitrogens with zero attached hydrogens (tertiary/aromatic N) is 3. The lowest BCUT2D eigenvalue weighted by Crippen LogP contribution is -2.47. The molecule has 6 nitrogen and oxygen atoms in total. The maximum atomic E-state index is 10.8. The summed E-state index contributed by atoms with van der Waals surface area (Å²) in [5, 5.41) is 13.0. The van der Waals surface area contributed by atoms with Crippen LogP contribution < -0.4 is 0 Å². The molecule has 1 aromatic rings. The van der Waals surface area contributed by atoms with Crippen molar-refractivity contribution in [3.05, 3.63) is 18.0 Å². The standard InChI is InChI=1S/C12H19N3O3/c1-14-8-10(7-13-14)2-3-15-4-5-18-9-11(15)6-12(16)17/h7-8,11H,2-6,9H2,1H3,(H,16,17). The van der Waals surface area contributed by atoms with Crippen LogP contribution in [-0.2, 0) is 23.0 Å². The number of hydrogen-bond donors (Lipinski definition) is 1. The molecule has 100 valence electrons. The largest absolute Gasteiger partial charge is 0.481 e. The van der Waals surface area contributed by atoms with Crippen LogP contribution in [0.15, 0.2) is 12.4 Å². The van der Waals surface area contributed by atoms with Gasteiger partial charge < -0.3 is 9.84 Å². The summed E-state index contributed by atoms with van der Waals surface area (Å²) in [6.45, 7) is 2.85. The zero-order valence-corrected chi connectivity index (χ0v) is 10.6. The lowest BCUT2D eigenvalue weighted by molar-refractivity contribution is -0.140. The van der Waals surface area contributed by atoms with Crippen molar-refractivity contribution in [2.75, 3.05) is 26.3 Å². The fourth-order valence-corrected chi connectivity index (χ4v) is 2.25. The van der Waals surface area contributed by atoms with Crippen LogP contribution in [0.1, 0.15) is 12.0 Å². The molecule has 18 heavy (non-hydrogen) atoms. The van der Waals surface area contributed by atoms with E-state index in [0.29, 0.717) is 13.2 Å². The second-order valence-electron chi connectivity index (χ2n) is 4.63. The van der Waals surface area contributed by atoms with E-state index < -0.39 is 5.97 Å². The van der Waals surface area contributed by atoms with Crippen LogP contribution in [0.25, 0.3) is 0 Å². The van der Waals surface area contributed by atoms with E-state index >= 15 is 0 Å². The minimum atomic E-state index is -0.767. The van der Waals surface area contributed by atoms with Gasteiger partial charge in [-0.3, -0.25) is 14.4 Å². The number of carbonyl (C=O) groups is 1. The van der Waals surface area contributed by atoms with Crippen molar-refractivity contribution in [2.45, 2.75) is 18.9 Å². The maximum absolute atomic E-state index is 10.8. The van der Waals surface area contributed by atoms with Crippen molar-refractivity contribution >= 4 is 5.97 Å². The van der Waals surface area contributed by atoms with E-state index in [4.69, 9.17) is 9.84 Å². The van der Waals surface area contributed by atoms with Crippen molar-refractivity contribution in [1.82, 2.24) is 14.7 Å². The molecule has 1 fully saturated rings. The zero-order valence-electron chi connectivity index (χ0n) is 10.6. The predicted molar refractivity (Wildman–Crippen MR) is 65.3 cm³/mol.